The largest absolute Gasteiger partial charge is 0.490 e. The molecule has 3 N–H and O–H groups in total. The van der Waals surface area contributed by atoms with Gasteiger partial charge in [-0.05, 0) is 49.6 Å². The molecule has 0 bridgehead atoms. The molecule has 1 aliphatic heterocycles. The second kappa shape index (κ2) is 5.87. The zero-order valence-electron chi connectivity index (χ0n) is 10.7. The van der Waals surface area contributed by atoms with Gasteiger partial charge >= 0.3 is 0 Å². The first-order chi connectivity index (χ1) is 8.72. The van der Waals surface area contributed by atoms with E-state index in [-0.39, 0.29) is 12.0 Å². The van der Waals surface area contributed by atoms with E-state index in [2.05, 4.69) is 12.2 Å². The Morgan fingerprint density at radius 1 is 1.44 bits per heavy atom. The number of ether oxygens (including phenoxy) is 1. The molecule has 0 radical (unpaired) electrons. The number of hydrogen-bond acceptors (Lipinski definition) is 3. The van der Waals surface area contributed by atoms with Crippen LogP contribution in [-0.2, 0) is 11.2 Å². The Morgan fingerprint density at radius 3 is 3.00 bits per heavy atom. The summed E-state index contributed by atoms with van der Waals surface area (Å²) in [6.07, 6.45) is 3.32. The number of benzene rings is 1. The zero-order chi connectivity index (χ0) is 13.0. The molecule has 4 heteroatoms. The lowest BCUT2D eigenvalue weighted by molar-refractivity contribution is -0.116. The highest BCUT2D eigenvalue weighted by molar-refractivity contribution is 5.93. The zero-order valence-corrected chi connectivity index (χ0v) is 10.7. The number of carbonyl (C=O) groups is 1. The van der Waals surface area contributed by atoms with Crippen molar-refractivity contribution >= 4 is 11.6 Å². The topological polar surface area (TPSA) is 64.3 Å². The molecule has 1 aliphatic rings. The summed E-state index contributed by atoms with van der Waals surface area (Å²) >= 11 is 0. The number of hydrogen-bond donors (Lipinski definition) is 2. The van der Waals surface area contributed by atoms with E-state index in [4.69, 9.17) is 10.5 Å². The number of rotatable bonds is 5. The summed E-state index contributed by atoms with van der Waals surface area (Å²) in [6, 6.07) is 5.84. The predicted octanol–water partition coefficient (Wildman–Crippen LogP) is 2.08. The third-order valence-corrected chi connectivity index (χ3v) is 3.22. The second-order valence-electron chi connectivity index (χ2n) is 4.59. The third kappa shape index (κ3) is 3.01. The third-order valence-electron chi connectivity index (χ3n) is 3.22. The van der Waals surface area contributed by atoms with Gasteiger partial charge in [0.2, 0.25) is 5.91 Å². The maximum Gasteiger partial charge on any atom is 0.224 e. The Balaban J connectivity index is 2.09. The Kier molecular flexibility index (Phi) is 4.20. The SMILES string of the molecule is CCC(CCN)Oc1ccc2c(c1)CCC(=O)N2. The highest BCUT2D eigenvalue weighted by Crippen LogP contribution is 2.27. The molecule has 1 aromatic carbocycles. The molecule has 1 aromatic rings. The molecule has 0 fully saturated rings. The van der Waals surface area contributed by atoms with Crippen molar-refractivity contribution in [3.05, 3.63) is 23.8 Å². The second-order valence-corrected chi connectivity index (χ2v) is 4.59. The van der Waals surface area contributed by atoms with Crippen LogP contribution >= 0.6 is 0 Å². The number of anilines is 1. The summed E-state index contributed by atoms with van der Waals surface area (Å²) in [5, 5.41) is 2.87. The van der Waals surface area contributed by atoms with Crippen LogP contribution in [0.3, 0.4) is 0 Å². The van der Waals surface area contributed by atoms with Crippen molar-refractivity contribution in [2.24, 2.45) is 5.73 Å². The lowest BCUT2D eigenvalue weighted by Crippen LogP contribution is -2.21. The fraction of sp³-hybridized carbons (Fsp3) is 0.500. The molecule has 0 saturated carbocycles. The van der Waals surface area contributed by atoms with Gasteiger partial charge in [-0.1, -0.05) is 6.92 Å². The Labute approximate surface area is 108 Å². The number of carbonyl (C=O) groups excluding carboxylic acids is 1. The van der Waals surface area contributed by atoms with E-state index in [0.717, 1.165) is 36.3 Å². The van der Waals surface area contributed by atoms with Crippen LogP contribution in [0.1, 0.15) is 31.7 Å². The van der Waals surface area contributed by atoms with E-state index in [1.54, 1.807) is 0 Å². The van der Waals surface area contributed by atoms with Crippen LogP contribution in [0.25, 0.3) is 0 Å². The molecule has 1 amide bonds. The Morgan fingerprint density at radius 2 is 2.28 bits per heavy atom. The van der Waals surface area contributed by atoms with Crippen molar-refractivity contribution in [2.75, 3.05) is 11.9 Å². The lowest BCUT2D eigenvalue weighted by Gasteiger charge is -2.20. The van der Waals surface area contributed by atoms with Gasteiger partial charge in [-0.15, -0.1) is 0 Å². The van der Waals surface area contributed by atoms with Gasteiger partial charge in [0.25, 0.3) is 0 Å². The van der Waals surface area contributed by atoms with Crippen molar-refractivity contribution in [3.63, 3.8) is 0 Å². The van der Waals surface area contributed by atoms with Gasteiger partial charge in [0.15, 0.2) is 0 Å². The van der Waals surface area contributed by atoms with E-state index >= 15 is 0 Å². The smallest absolute Gasteiger partial charge is 0.224 e. The van der Waals surface area contributed by atoms with Crippen molar-refractivity contribution in [2.45, 2.75) is 38.7 Å². The number of nitrogens with one attached hydrogen (secondary N) is 1. The van der Waals surface area contributed by atoms with E-state index < -0.39 is 0 Å². The van der Waals surface area contributed by atoms with Crippen LogP contribution in [0.4, 0.5) is 5.69 Å². The highest BCUT2D eigenvalue weighted by atomic mass is 16.5. The molecule has 18 heavy (non-hydrogen) atoms. The molecule has 4 nitrogen and oxygen atoms in total. The maximum atomic E-state index is 11.3. The summed E-state index contributed by atoms with van der Waals surface area (Å²) < 4.78 is 5.90. The molecule has 2 rings (SSSR count). The molecular formula is C14H20N2O2. The number of amides is 1. The van der Waals surface area contributed by atoms with Gasteiger partial charge in [0.1, 0.15) is 5.75 Å². The average Bonchev–Trinajstić information content (AvgIpc) is 2.38. The van der Waals surface area contributed by atoms with Gasteiger partial charge in [-0.2, -0.15) is 0 Å². The molecule has 0 saturated heterocycles. The first-order valence-corrected chi connectivity index (χ1v) is 6.52. The van der Waals surface area contributed by atoms with Crippen molar-refractivity contribution in [1.29, 1.82) is 0 Å². The average molecular weight is 248 g/mol. The fourth-order valence-corrected chi connectivity index (χ4v) is 2.16. The standard InChI is InChI=1S/C14H20N2O2/c1-2-11(7-8-15)18-12-4-5-13-10(9-12)3-6-14(17)16-13/h4-5,9,11H,2-3,6-8,15H2,1H3,(H,16,17). The molecule has 1 atom stereocenters. The van der Waals surface area contributed by atoms with Crippen LogP contribution in [0.15, 0.2) is 18.2 Å². The van der Waals surface area contributed by atoms with Crippen molar-refractivity contribution in [1.82, 2.24) is 0 Å². The van der Waals surface area contributed by atoms with Gasteiger partial charge < -0.3 is 15.8 Å². The van der Waals surface area contributed by atoms with E-state index in [0.29, 0.717) is 13.0 Å². The quantitative estimate of drug-likeness (QED) is 0.838. The van der Waals surface area contributed by atoms with Crippen molar-refractivity contribution in [3.8, 4) is 5.75 Å². The number of fused-ring (bicyclic) bond motifs is 1. The van der Waals surface area contributed by atoms with E-state index in [9.17, 15) is 4.79 Å². The minimum Gasteiger partial charge on any atom is -0.490 e. The van der Waals surface area contributed by atoms with Crippen LogP contribution in [0.2, 0.25) is 0 Å². The summed E-state index contributed by atoms with van der Waals surface area (Å²) in [7, 11) is 0. The van der Waals surface area contributed by atoms with Crippen molar-refractivity contribution < 1.29 is 9.53 Å². The minimum atomic E-state index is 0.0886. The summed E-state index contributed by atoms with van der Waals surface area (Å²) in [4.78, 5) is 11.3. The fourth-order valence-electron chi connectivity index (χ4n) is 2.16. The molecule has 0 spiro atoms. The van der Waals surface area contributed by atoms with E-state index in [1.807, 2.05) is 18.2 Å². The Bertz CT molecular complexity index is 432. The molecular weight excluding hydrogens is 228 g/mol. The summed E-state index contributed by atoms with van der Waals surface area (Å²) in [5.74, 6) is 0.955. The van der Waals surface area contributed by atoms with Crippen LogP contribution in [-0.4, -0.2) is 18.6 Å². The van der Waals surface area contributed by atoms with Gasteiger partial charge in [-0.25, -0.2) is 0 Å². The molecule has 0 aliphatic carbocycles. The maximum absolute atomic E-state index is 11.3. The first kappa shape index (κ1) is 12.9. The minimum absolute atomic E-state index is 0.0886. The molecule has 1 unspecified atom stereocenters. The predicted molar refractivity (Wildman–Crippen MR) is 71.8 cm³/mol. The molecule has 98 valence electrons. The van der Waals surface area contributed by atoms with Crippen LogP contribution in [0.5, 0.6) is 5.75 Å². The normalized spacial score (nSPS) is 15.8. The van der Waals surface area contributed by atoms with Crippen LogP contribution in [0, 0.1) is 0 Å². The first-order valence-electron chi connectivity index (χ1n) is 6.52. The number of nitrogens with two attached hydrogens (primary N) is 1. The lowest BCUT2D eigenvalue weighted by atomic mass is 10.0. The van der Waals surface area contributed by atoms with Gasteiger partial charge in [0.05, 0.1) is 6.10 Å². The van der Waals surface area contributed by atoms with Gasteiger partial charge in [0, 0.05) is 12.1 Å². The number of aryl methyl sites for hydroxylation is 1. The monoisotopic (exact) mass is 248 g/mol. The van der Waals surface area contributed by atoms with E-state index in [1.165, 1.54) is 0 Å². The highest BCUT2D eigenvalue weighted by Gasteiger charge is 2.16. The summed E-state index contributed by atoms with van der Waals surface area (Å²) in [6.45, 7) is 2.73. The summed E-state index contributed by atoms with van der Waals surface area (Å²) in [5.41, 5.74) is 7.61. The Hall–Kier alpha value is -1.55. The molecule has 0 aromatic heterocycles. The molecule has 1 heterocycles. The van der Waals surface area contributed by atoms with Crippen LogP contribution < -0.4 is 15.8 Å². The van der Waals surface area contributed by atoms with Gasteiger partial charge in [-0.3, -0.25) is 4.79 Å².